The molecule has 2 aliphatic carbocycles. The molecule has 0 atom stereocenters. The zero-order chi connectivity index (χ0) is 20.0. The number of aryl methyl sites for hydroxylation is 4. The SMILES string of the molecule is COc1ccc(C(c2cc3c(cc2O)CCC3)c2cc3c(cc2O)CCC3)cc1. The molecule has 0 fully saturated rings. The highest BCUT2D eigenvalue weighted by Gasteiger charge is 2.27. The van der Waals surface area contributed by atoms with Crippen LogP contribution in [-0.4, -0.2) is 17.3 Å². The van der Waals surface area contributed by atoms with Crippen molar-refractivity contribution in [1.82, 2.24) is 0 Å². The van der Waals surface area contributed by atoms with Crippen molar-refractivity contribution < 1.29 is 14.9 Å². The van der Waals surface area contributed by atoms with Crippen molar-refractivity contribution >= 4 is 0 Å². The summed E-state index contributed by atoms with van der Waals surface area (Å²) in [6.07, 6.45) is 6.42. The number of hydrogen-bond donors (Lipinski definition) is 2. The summed E-state index contributed by atoms with van der Waals surface area (Å²) in [4.78, 5) is 0. The summed E-state index contributed by atoms with van der Waals surface area (Å²) in [5, 5.41) is 21.9. The van der Waals surface area contributed by atoms with Crippen LogP contribution in [0, 0.1) is 0 Å². The van der Waals surface area contributed by atoms with Crippen LogP contribution in [0.2, 0.25) is 0 Å². The lowest BCUT2D eigenvalue weighted by Gasteiger charge is -2.23. The number of fused-ring (bicyclic) bond motifs is 2. The summed E-state index contributed by atoms with van der Waals surface area (Å²) in [6.45, 7) is 0. The summed E-state index contributed by atoms with van der Waals surface area (Å²) < 4.78 is 5.33. The molecule has 148 valence electrons. The maximum Gasteiger partial charge on any atom is 0.120 e. The number of ether oxygens (including phenoxy) is 1. The van der Waals surface area contributed by atoms with Crippen LogP contribution in [-0.2, 0) is 25.7 Å². The van der Waals surface area contributed by atoms with E-state index in [9.17, 15) is 10.2 Å². The van der Waals surface area contributed by atoms with Crippen LogP contribution in [0.1, 0.15) is 57.7 Å². The predicted octanol–water partition coefficient (Wildman–Crippen LogP) is 5.26. The Balaban J connectivity index is 1.70. The van der Waals surface area contributed by atoms with Crippen molar-refractivity contribution in [2.75, 3.05) is 7.11 Å². The highest BCUT2D eigenvalue weighted by molar-refractivity contribution is 5.58. The van der Waals surface area contributed by atoms with E-state index in [1.54, 1.807) is 7.11 Å². The highest BCUT2D eigenvalue weighted by atomic mass is 16.5. The Hall–Kier alpha value is -2.94. The van der Waals surface area contributed by atoms with Gasteiger partial charge < -0.3 is 14.9 Å². The van der Waals surface area contributed by atoms with Gasteiger partial charge in [0.2, 0.25) is 0 Å². The third-order valence-corrected chi connectivity index (χ3v) is 6.55. The largest absolute Gasteiger partial charge is 0.508 e. The van der Waals surface area contributed by atoms with Crippen LogP contribution in [0.15, 0.2) is 48.5 Å². The number of benzene rings is 3. The second kappa shape index (κ2) is 7.14. The fourth-order valence-electron chi connectivity index (χ4n) is 5.05. The maximum atomic E-state index is 10.9. The number of hydrogen-bond acceptors (Lipinski definition) is 3. The number of methoxy groups -OCH3 is 1. The molecule has 0 saturated carbocycles. The molecule has 5 rings (SSSR count). The van der Waals surface area contributed by atoms with E-state index in [4.69, 9.17) is 4.74 Å². The van der Waals surface area contributed by atoms with Crippen molar-refractivity contribution in [3.8, 4) is 17.2 Å². The first-order valence-electron chi connectivity index (χ1n) is 10.5. The van der Waals surface area contributed by atoms with E-state index in [2.05, 4.69) is 12.1 Å². The lowest BCUT2D eigenvalue weighted by molar-refractivity contribution is 0.414. The van der Waals surface area contributed by atoms with E-state index in [1.807, 2.05) is 36.4 Å². The van der Waals surface area contributed by atoms with Crippen molar-refractivity contribution in [3.05, 3.63) is 87.5 Å². The van der Waals surface area contributed by atoms with Gasteiger partial charge in [0.1, 0.15) is 17.2 Å². The smallest absolute Gasteiger partial charge is 0.120 e. The molecule has 0 spiro atoms. The molecule has 3 aromatic rings. The maximum absolute atomic E-state index is 10.9. The summed E-state index contributed by atoms with van der Waals surface area (Å²) in [5.74, 6) is 1.19. The summed E-state index contributed by atoms with van der Waals surface area (Å²) in [5.41, 5.74) is 7.89. The van der Waals surface area contributed by atoms with Crippen LogP contribution < -0.4 is 4.74 Å². The van der Waals surface area contributed by atoms with Crippen LogP contribution in [0.4, 0.5) is 0 Å². The number of aromatic hydroxyl groups is 2. The Morgan fingerprint density at radius 3 is 1.59 bits per heavy atom. The number of rotatable bonds is 4. The second-order valence-corrected chi connectivity index (χ2v) is 8.27. The minimum absolute atomic E-state index is 0.224. The highest BCUT2D eigenvalue weighted by Crippen LogP contribution is 2.44. The zero-order valence-electron chi connectivity index (χ0n) is 16.7. The third-order valence-electron chi connectivity index (χ3n) is 6.55. The monoisotopic (exact) mass is 386 g/mol. The van der Waals surface area contributed by atoms with Gasteiger partial charge in [-0.2, -0.15) is 0 Å². The molecule has 2 aliphatic rings. The van der Waals surface area contributed by atoms with Gasteiger partial charge in [0.15, 0.2) is 0 Å². The van der Waals surface area contributed by atoms with E-state index in [-0.39, 0.29) is 5.92 Å². The molecule has 0 aromatic heterocycles. The molecule has 0 amide bonds. The fraction of sp³-hybridized carbons (Fsp3) is 0.308. The average molecular weight is 386 g/mol. The Morgan fingerprint density at radius 2 is 1.14 bits per heavy atom. The minimum Gasteiger partial charge on any atom is -0.508 e. The molecule has 0 aliphatic heterocycles. The van der Waals surface area contributed by atoms with E-state index in [0.717, 1.165) is 61.0 Å². The molecule has 29 heavy (non-hydrogen) atoms. The Labute approximate surface area is 171 Å². The predicted molar refractivity (Wildman–Crippen MR) is 114 cm³/mol. The number of phenols is 2. The second-order valence-electron chi connectivity index (χ2n) is 8.27. The van der Waals surface area contributed by atoms with Gasteiger partial charge in [-0.3, -0.25) is 0 Å². The van der Waals surface area contributed by atoms with E-state index in [0.29, 0.717) is 11.5 Å². The van der Waals surface area contributed by atoms with Gasteiger partial charge in [0, 0.05) is 17.0 Å². The molecular formula is C26H26O3. The Kier molecular flexibility index (Phi) is 4.46. The van der Waals surface area contributed by atoms with E-state index in [1.165, 1.54) is 22.3 Å². The molecule has 0 unspecified atom stereocenters. The number of phenolic OH excluding ortho intramolecular Hbond substituents is 2. The van der Waals surface area contributed by atoms with Crippen LogP contribution >= 0.6 is 0 Å². The summed E-state index contributed by atoms with van der Waals surface area (Å²) in [6, 6.07) is 16.1. The first-order chi connectivity index (χ1) is 14.1. The standard InChI is InChI=1S/C26H26O3/c1-29-21-10-8-16(9-11-21)26(22-12-17-4-2-6-19(17)14-24(22)27)23-13-18-5-3-7-20(18)15-25(23)28/h8-15,26-28H,2-7H2,1H3. The van der Waals surface area contributed by atoms with Gasteiger partial charge in [-0.1, -0.05) is 24.3 Å². The van der Waals surface area contributed by atoms with E-state index >= 15 is 0 Å². The van der Waals surface area contributed by atoms with Crippen molar-refractivity contribution in [1.29, 1.82) is 0 Å². The molecule has 0 heterocycles. The average Bonchev–Trinajstić information content (AvgIpc) is 3.37. The molecular weight excluding hydrogens is 360 g/mol. The first-order valence-corrected chi connectivity index (χ1v) is 10.5. The van der Waals surface area contributed by atoms with Gasteiger partial charge in [-0.05, 0) is 90.6 Å². The van der Waals surface area contributed by atoms with Crippen molar-refractivity contribution in [2.45, 2.75) is 44.4 Å². The summed E-state index contributed by atoms with van der Waals surface area (Å²) >= 11 is 0. The Morgan fingerprint density at radius 1 is 0.690 bits per heavy atom. The normalized spacial score (nSPS) is 14.8. The van der Waals surface area contributed by atoms with E-state index < -0.39 is 0 Å². The van der Waals surface area contributed by atoms with Crippen LogP contribution in [0.5, 0.6) is 17.2 Å². The molecule has 2 N–H and O–H groups in total. The lowest BCUT2D eigenvalue weighted by Crippen LogP contribution is -2.06. The fourth-order valence-corrected chi connectivity index (χ4v) is 5.05. The van der Waals surface area contributed by atoms with Gasteiger partial charge in [-0.15, -0.1) is 0 Å². The minimum atomic E-state index is -0.224. The first kappa shape index (κ1) is 18.1. The van der Waals surface area contributed by atoms with Gasteiger partial charge in [0.05, 0.1) is 7.11 Å². The topological polar surface area (TPSA) is 49.7 Å². The molecule has 3 heteroatoms. The van der Waals surface area contributed by atoms with Crippen LogP contribution in [0.3, 0.4) is 0 Å². The molecule has 3 nitrogen and oxygen atoms in total. The van der Waals surface area contributed by atoms with Gasteiger partial charge >= 0.3 is 0 Å². The van der Waals surface area contributed by atoms with Crippen LogP contribution in [0.25, 0.3) is 0 Å². The van der Waals surface area contributed by atoms with Gasteiger partial charge in [-0.25, -0.2) is 0 Å². The van der Waals surface area contributed by atoms with Crippen molar-refractivity contribution in [2.24, 2.45) is 0 Å². The third kappa shape index (κ3) is 3.15. The molecule has 0 saturated heterocycles. The Bertz CT molecular complexity index is 1000. The lowest BCUT2D eigenvalue weighted by atomic mass is 9.82. The molecule has 3 aromatic carbocycles. The molecule has 0 radical (unpaired) electrons. The summed E-state index contributed by atoms with van der Waals surface area (Å²) in [7, 11) is 1.66. The zero-order valence-corrected chi connectivity index (χ0v) is 16.7. The quantitative estimate of drug-likeness (QED) is 0.601. The molecule has 0 bridgehead atoms. The van der Waals surface area contributed by atoms with Crippen molar-refractivity contribution in [3.63, 3.8) is 0 Å². The van der Waals surface area contributed by atoms with Gasteiger partial charge in [0.25, 0.3) is 0 Å².